The van der Waals surface area contributed by atoms with Crippen LogP contribution in [0.15, 0.2) is 36.5 Å². The van der Waals surface area contributed by atoms with Crippen molar-refractivity contribution < 1.29 is 37.3 Å². The molecule has 0 bridgehead atoms. The van der Waals surface area contributed by atoms with E-state index in [1.165, 1.54) is 238 Å². The van der Waals surface area contributed by atoms with Gasteiger partial charge in [-0.3, -0.25) is 14.2 Å². The summed E-state index contributed by atoms with van der Waals surface area (Å²) in [7, 11) is 1.20. The molecule has 1 N–H and O–H groups in total. The number of phosphoric ester groups is 1. The molecule has 78 heavy (non-hydrogen) atoms. The van der Waals surface area contributed by atoms with Crippen molar-refractivity contribution in [1.82, 2.24) is 5.32 Å². The summed E-state index contributed by atoms with van der Waals surface area (Å²) < 4.78 is 30.4. The van der Waals surface area contributed by atoms with Gasteiger partial charge in [-0.25, -0.2) is 0 Å². The van der Waals surface area contributed by atoms with Gasteiger partial charge in [-0.15, -0.1) is 0 Å². The molecule has 0 spiro atoms. The topological polar surface area (TPSA) is 114 Å². The number of hydrogen-bond donors (Lipinski definition) is 1. The van der Waals surface area contributed by atoms with E-state index in [9.17, 15) is 19.0 Å². The molecule has 3 unspecified atom stereocenters. The second-order valence-corrected chi connectivity index (χ2v) is 25.7. The minimum absolute atomic E-state index is 0.0188. The summed E-state index contributed by atoms with van der Waals surface area (Å²) in [5.74, 6) is -0.524. The van der Waals surface area contributed by atoms with Crippen molar-refractivity contribution in [1.29, 1.82) is 0 Å². The van der Waals surface area contributed by atoms with Gasteiger partial charge in [-0.1, -0.05) is 295 Å². The first-order chi connectivity index (χ1) is 37.9. The minimum atomic E-state index is -4.69. The molecule has 3 atom stereocenters. The number of carbonyl (C=O) groups excluding carboxylic acids is 2. The van der Waals surface area contributed by atoms with Gasteiger partial charge < -0.3 is 28.5 Å². The molecule has 0 aromatic carbocycles. The lowest BCUT2D eigenvalue weighted by Gasteiger charge is -2.30. The molecule has 0 rings (SSSR count). The molecule has 0 aliphatic carbocycles. The Balaban J connectivity index is 4.94. The quantitative estimate of drug-likeness (QED) is 0.0212. The number of hydrogen-bond acceptors (Lipinski definition) is 7. The van der Waals surface area contributed by atoms with E-state index in [1.54, 1.807) is 0 Å². The van der Waals surface area contributed by atoms with Crippen molar-refractivity contribution in [2.75, 3.05) is 40.9 Å². The van der Waals surface area contributed by atoms with Crippen molar-refractivity contribution >= 4 is 19.7 Å². The SMILES string of the molecule is CCCCC/C=C\C/C=C\CCCCCCCCCCCCCCCCCCCC(=O)OC(/C=C\CCCCCCCCCCC)C(COP(=O)([O-])OCC[N+](C)(C)C)NC(=O)CCCCCCCCCCCCCCCC. The van der Waals surface area contributed by atoms with Crippen molar-refractivity contribution in [3.8, 4) is 0 Å². The van der Waals surface area contributed by atoms with Gasteiger partial charge in [0.05, 0.1) is 33.8 Å². The molecule has 460 valence electrons. The second-order valence-electron chi connectivity index (χ2n) is 24.3. The van der Waals surface area contributed by atoms with Crippen LogP contribution >= 0.6 is 7.82 Å². The zero-order valence-electron chi connectivity index (χ0n) is 52.6. The molecule has 10 heteroatoms. The molecule has 0 fully saturated rings. The second kappa shape index (κ2) is 58.4. The maximum atomic E-state index is 13.5. The lowest BCUT2D eigenvalue weighted by atomic mass is 10.0. The molecule has 0 aromatic rings. The Morgan fingerprint density at radius 3 is 1.18 bits per heavy atom. The molecule has 0 aliphatic rings. The molecule has 0 aromatic heterocycles. The van der Waals surface area contributed by atoms with Gasteiger partial charge in [0.2, 0.25) is 5.91 Å². The Morgan fingerprint density at radius 1 is 0.449 bits per heavy atom. The predicted molar refractivity (Wildman–Crippen MR) is 335 cm³/mol. The predicted octanol–water partition coefficient (Wildman–Crippen LogP) is 20.4. The Kier molecular flexibility index (Phi) is 57.1. The fourth-order valence-electron chi connectivity index (χ4n) is 10.1. The summed E-state index contributed by atoms with van der Waals surface area (Å²) in [6.45, 7) is 6.86. The van der Waals surface area contributed by atoms with Gasteiger partial charge in [0, 0.05) is 12.8 Å². The Bertz CT molecular complexity index is 1430. The highest BCUT2D eigenvalue weighted by atomic mass is 31.2. The maximum absolute atomic E-state index is 13.5. The van der Waals surface area contributed by atoms with Gasteiger partial charge >= 0.3 is 5.97 Å². The summed E-state index contributed by atoms with van der Waals surface area (Å²) in [5.41, 5.74) is 0. The van der Waals surface area contributed by atoms with Gasteiger partial charge in [0.1, 0.15) is 19.3 Å². The number of amides is 1. The normalized spacial score (nSPS) is 13.8. The van der Waals surface area contributed by atoms with Gasteiger partial charge in [0.25, 0.3) is 7.82 Å². The third-order valence-electron chi connectivity index (χ3n) is 15.3. The van der Waals surface area contributed by atoms with E-state index >= 15 is 0 Å². The van der Waals surface area contributed by atoms with Crippen molar-refractivity contribution in [2.24, 2.45) is 0 Å². The van der Waals surface area contributed by atoms with Crippen LogP contribution in [-0.4, -0.2) is 69.4 Å². The fraction of sp³-hybridized carbons (Fsp3) is 0.882. The first-order valence-corrected chi connectivity index (χ1v) is 35.3. The number of unbranched alkanes of at least 4 members (excludes halogenated alkanes) is 42. The third-order valence-corrected chi connectivity index (χ3v) is 16.3. The van der Waals surface area contributed by atoms with Crippen LogP contribution in [0.5, 0.6) is 0 Å². The number of ether oxygens (including phenoxy) is 1. The molecular weight excluding hydrogens is 988 g/mol. The van der Waals surface area contributed by atoms with Crippen LogP contribution in [0.25, 0.3) is 0 Å². The number of allylic oxidation sites excluding steroid dienone is 5. The van der Waals surface area contributed by atoms with Gasteiger partial charge in [0.15, 0.2) is 0 Å². The molecule has 0 radical (unpaired) electrons. The first-order valence-electron chi connectivity index (χ1n) is 33.8. The van der Waals surface area contributed by atoms with E-state index in [0.29, 0.717) is 17.4 Å². The summed E-state index contributed by atoms with van der Waals surface area (Å²) in [6.07, 6.45) is 71.3. The maximum Gasteiger partial charge on any atom is 0.306 e. The van der Waals surface area contributed by atoms with E-state index in [0.717, 1.165) is 64.2 Å². The molecule has 0 saturated heterocycles. The average Bonchev–Trinajstić information content (AvgIpc) is 3.40. The van der Waals surface area contributed by atoms with E-state index < -0.39 is 20.0 Å². The number of esters is 1. The lowest BCUT2D eigenvalue weighted by molar-refractivity contribution is -0.870. The number of nitrogens with one attached hydrogen (secondary N) is 1. The largest absolute Gasteiger partial charge is 0.756 e. The van der Waals surface area contributed by atoms with Crippen LogP contribution in [0.1, 0.15) is 335 Å². The molecular formula is C68H131N2O7P. The number of rotatable bonds is 62. The Labute approximate surface area is 485 Å². The summed E-state index contributed by atoms with van der Waals surface area (Å²) in [5, 5.41) is 3.04. The number of phosphoric acid groups is 1. The highest BCUT2D eigenvalue weighted by molar-refractivity contribution is 7.45. The number of quaternary nitrogens is 1. The van der Waals surface area contributed by atoms with Gasteiger partial charge in [-0.05, 0) is 63.9 Å². The van der Waals surface area contributed by atoms with Crippen LogP contribution in [0.2, 0.25) is 0 Å². The average molecular weight is 1120 g/mol. The number of carbonyl (C=O) groups is 2. The molecule has 0 aliphatic heterocycles. The van der Waals surface area contributed by atoms with Gasteiger partial charge in [-0.2, -0.15) is 0 Å². The smallest absolute Gasteiger partial charge is 0.306 e. The van der Waals surface area contributed by atoms with E-state index in [1.807, 2.05) is 33.3 Å². The van der Waals surface area contributed by atoms with Crippen LogP contribution in [-0.2, 0) is 27.9 Å². The zero-order chi connectivity index (χ0) is 57.2. The lowest BCUT2D eigenvalue weighted by Crippen LogP contribution is -2.47. The highest BCUT2D eigenvalue weighted by Crippen LogP contribution is 2.38. The highest BCUT2D eigenvalue weighted by Gasteiger charge is 2.27. The minimum Gasteiger partial charge on any atom is -0.756 e. The Morgan fingerprint density at radius 2 is 0.782 bits per heavy atom. The zero-order valence-corrected chi connectivity index (χ0v) is 53.5. The van der Waals surface area contributed by atoms with Crippen molar-refractivity contribution in [3.63, 3.8) is 0 Å². The summed E-state index contributed by atoms with van der Waals surface area (Å²) >= 11 is 0. The van der Waals surface area contributed by atoms with Crippen LogP contribution in [0, 0.1) is 0 Å². The molecule has 9 nitrogen and oxygen atoms in total. The monoisotopic (exact) mass is 1120 g/mol. The summed E-state index contributed by atoms with van der Waals surface area (Å²) in [6, 6.07) is -0.882. The molecule has 1 amide bonds. The standard InChI is InChI=1S/C68H131N2O7P/c1-7-10-13-16-19-22-25-27-29-30-31-32-33-34-35-36-37-38-39-40-41-43-46-49-52-55-58-61-68(72)77-66(59-56-53-50-47-44-24-21-18-15-12-9-3)65(64-76-78(73,74)75-63-62-70(4,5)6)69-67(71)60-57-54-51-48-45-42-28-26-23-20-17-14-11-8-2/h19,22,27,29,56,59,65-66H,7-18,20-21,23-26,28,30-55,57-58,60-64H2,1-6H3,(H-,69,71,73,74)/b22-19-,29-27-,59-56-. The summed E-state index contributed by atoms with van der Waals surface area (Å²) in [4.78, 5) is 40.0. The first kappa shape index (κ1) is 76.2. The van der Waals surface area contributed by atoms with Crippen LogP contribution in [0.4, 0.5) is 0 Å². The van der Waals surface area contributed by atoms with E-state index in [2.05, 4.69) is 50.4 Å². The van der Waals surface area contributed by atoms with Crippen LogP contribution < -0.4 is 10.2 Å². The number of likely N-dealkylation sites (N-methyl/N-ethyl adjacent to an activating group) is 1. The molecule has 0 heterocycles. The third kappa shape index (κ3) is 58.9. The van der Waals surface area contributed by atoms with Crippen molar-refractivity contribution in [2.45, 2.75) is 348 Å². The number of nitrogens with zero attached hydrogens (tertiary/aromatic N) is 1. The Hall–Kier alpha value is -1.77. The molecule has 0 saturated carbocycles. The van der Waals surface area contributed by atoms with Crippen molar-refractivity contribution in [3.05, 3.63) is 36.5 Å². The van der Waals surface area contributed by atoms with E-state index in [4.69, 9.17) is 13.8 Å². The fourth-order valence-corrected chi connectivity index (χ4v) is 10.8. The van der Waals surface area contributed by atoms with Crippen LogP contribution in [0.3, 0.4) is 0 Å². The van der Waals surface area contributed by atoms with E-state index in [-0.39, 0.29) is 31.5 Å².